The summed E-state index contributed by atoms with van der Waals surface area (Å²) in [5.74, 6) is -0.768. The molecule has 0 amide bonds. The maximum atomic E-state index is 11.9. The molecule has 16 heavy (non-hydrogen) atoms. The van der Waals surface area contributed by atoms with Gasteiger partial charge in [-0.2, -0.15) is 0 Å². The zero-order valence-electron chi connectivity index (χ0n) is 10.8. The molecule has 86 valence electrons. The average Bonchev–Trinajstić information content (AvgIpc) is 2.23. The maximum Gasteiger partial charge on any atom is 0.228 e. The summed E-state index contributed by atoms with van der Waals surface area (Å²) in [4.78, 5) is 23.1. The molecule has 0 aliphatic heterocycles. The topological polar surface area (TPSA) is 34.1 Å². The molecule has 0 spiro atoms. The van der Waals surface area contributed by atoms with Crippen LogP contribution in [0.15, 0.2) is 0 Å². The summed E-state index contributed by atoms with van der Waals surface area (Å²) in [7, 11) is 0. The standard InChI is InChI=1S/C14H18O2/c1-7-8(2)10(4)13(11(5)9(7)3)14(16)12(6)15/h1-6H3. The van der Waals surface area contributed by atoms with Gasteiger partial charge in [0.1, 0.15) is 0 Å². The predicted octanol–water partition coefficient (Wildman–Crippen LogP) is 3.00. The van der Waals surface area contributed by atoms with Crippen LogP contribution in [0.3, 0.4) is 0 Å². The highest BCUT2D eigenvalue weighted by molar-refractivity contribution is 6.43. The van der Waals surface area contributed by atoms with Crippen molar-refractivity contribution < 1.29 is 9.59 Å². The second kappa shape index (κ2) is 4.20. The molecular formula is C14H18O2. The SMILES string of the molecule is CC(=O)C(=O)c1c(C)c(C)c(C)c(C)c1C. The lowest BCUT2D eigenvalue weighted by Gasteiger charge is -2.16. The van der Waals surface area contributed by atoms with Crippen molar-refractivity contribution in [3.8, 4) is 0 Å². The Bertz CT molecular complexity index is 453. The van der Waals surface area contributed by atoms with E-state index in [0.717, 1.165) is 22.3 Å². The molecule has 0 saturated heterocycles. The third kappa shape index (κ3) is 1.80. The molecule has 0 heterocycles. The van der Waals surface area contributed by atoms with Crippen LogP contribution in [0.4, 0.5) is 0 Å². The minimum absolute atomic E-state index is 0.374. The predicted molar refractivity (Wildman–Crippen MR) is 65.1 cm³/mol. The van der Waals surface area contributed by atoms with E-state index in [1.807, 2.05) is 34.6 Å². The molecule has 1 rings (SSSR count). The summed E-state index contributed by atoms with van der Waals surface area (Å²) in [6, 6.07) is 0. The number of benzene rings is 1. The van der Waals surface area contributed by atoms with Crippen molar-refractivity contribution >= 4 is 11.6 Å². The third-order valence-electron chi connectivity index (χ3n) is 3.55. The summed E-state index contributed by atoms with van der Waals surface area (Å²) < 4.78 is 0. The van der Waals surface area contributed by atoms with Crippen molar-refractivity contribution in [2.45, 2.75) is 41.5 Å². The van der Waals surface area contributed by atoms with E-state index in [4.69, 9.17) is 0 Å². The van der Waals surface area contributed by atoms with Gasteiger partial charge in [0.2, 0.25) is 5.78 Å². The molecule has 0 aliphatic rings. The van der Waals surface area contributed by atoms with Gasteiger partial charge in [0.15, 0.2) is 5.78 Å². The Morgan fingerprint density at radius 2 is 1.00 bits per heavy atom. The molecule has 0 fully saturated rings. The molecule has 0 bridgehead atoms. The van der Waals surface area contributed by atoms with Gasteiger partial charge in [-0.25, -0.2) is 0 Å². The molecule has 0 radical (unpaired) electrons. The van der Waals surface area contributed by atoms with E-state index in [2.05, 4.69) is 0 Å². The molecule has 2 nitrogen and oxygen atoms in total. The Morgan fingerprint density at radius 1 is 0.688 bits per heavy atom. The van der Waals surface area contributed by atoms with Crippen molar-refractivity contribution in [3.63, 3.8) is 0 Å². The Hall–Kier alpha value is -1.44. The zero-order chi connectivity index (χ0) is 12.6. The highest BCUT2D eigenvalue weighted by Gasteiger charge is 2.20. The Labute approximate surface area is 96.7 Å². The average molecular weight is 218 g/mol. The first-order valence-electron chi connectivity index (χ1n) is 5.41. The Kier molecular flexibility index (Phi) is 3.32. The first kappa shape index (κ1) is 12.6. The van der Waals surface area contributed by atoms with E-state index in [1.165, 1.54) is 12.5 Å². The smallest absolute Gasteiger partial charge is 0.228 e. The van der Waals surface area contributed by atoms with E-state index in [0.29, 0.717) is 5.56 Å². The van der Waals surface area contributed by atoms with Crippen LogP contribution in [0.25, 0.3) is 0 Å². The molecule has 0 unspecified atom stereocenters. The molecule has 0 atom stereocenters. The van der Waals surface area contributed by atoms with Gasteiger partial charge in [-0.15, -0.1) is 0 Å². The lowest BCUT2D eigenvalue weighted by atomic mass is 9.87. The van der Waals surface area contributed by atoms with Crippen LogP contribution in [0.1, 0.15) is 45.1 Å². The fourth-order valence-electron chi connectivity index (χ4n) is 2.02. The van der Waals surface area contributed by atoms with Crippen molar-refractivity contribution in [3.05, 3.63) is 33.4 Å². The fourth-order valence-corrected chi connectivity index (χ4v) is 2.02. The molecule has 0 saturated carbocycles. The highest BCUT2D eigenvalue weighted by Crippen LogP contribution is 2.26. The number of Topliss-reactive ketones (excluding diaryl/α,β-unsaturated/α-hetero) is 2. The number of carbonyl (C=O) groups is 2. The first-order valence-corrected chi connectivity index (χ1v) is 5.41. The lowest BCUT2D eigenvalue weighted by molar-refractivity contribution is -0.113. The number of hydrogen-bond acceptors (Lipinski definition) is 2. The van der Waals surface area contributed by atoms with Crippen LogP contribution < -0.4 is 0 Å². The Balaban J connectivity index is 3.64. The van der Waals surface area contributed by atoms with E-state index in [1.54, 1.807) is 0 Å². The lowest BCUT2D eigenvalue weighted by Crippen LogP contribution is -2.15. The van der Waals surface area contributed by atoms with Crippen LogP contribution in [0.5, 0.6) is 0 Å². The van der Waals surface area contributed by atoms with Crippen molar-refractivity contribution in [2.75, 3.05) is 0 Å². The van der Waals surface area contributed by atoms with Gasteiger partial charge in [0.25, 0.3) is 0 Å². The van der Waals surface area contributed by atoms with Crippen LogP contribution in [-0.2, 0) is 4.79 Å². The highest BCUT2D eigenvalue weighted by atomic mass is 16.2. The summed E-state index contributed by atoms with van der Waals surface area (Å²) in [5, 5.41) is 0. The summed E-state index contributed by atoms with van der Waals surface area (Å²) in [6.45, 7) is 11.2. The zero-order valence-corrected chi connectivity index (χ0v) is 10.8. The molecule has 0 aliphatic carbocycles. The number of ketones is 2. The molecule has 1 aromatic carbocycles. The van der Waals surface area contributed by atoms with Gasteiger partial charge >= 0.3 is 0 Å². The minimum atomic E-state index is -0.395. The third-order valence-corrected chi connectivity index (χ3v) is 3.55. The van der Waals surface area contributed by atoms with Crippen LogP contribution in [-0.4, -0.2) is 11.6 Å². The normalized spacial score (nSPS) is 10.4. The van der Waals surface area contributed by atoms with E-state index in [9.17, 15) is 9.59 Å². The van der Waals surface area contributed by atoms with Crippen LogP contribution in [0, 0.1) is 34.6 Å². The van der Waals surface area contributed by atoms with Crippen molar-refractivity contribution in [2.24, 2.45) is 0 Å². The second-order valence-corrected chi connectivity index (χ2v) is 4.39. The van der Waals surface area contributed by atoms with Gasteiger partial charge in [-0.1, -0.05) is 0 Å². The van der Waals surface area contributed by atoms with Gasteiger partial charge in [0.05, 0.1) is 0 Å². The minimum Gasteiger partial charge on any atom is -0.291 e. The summed E-state index contributed by atoms with van der Waals surface area (Å²) >= 11 is 0. The van der Waals surface area contributed by atoms with E-state index >= 15 is 0 Å². The number of rotatable bonds is 2. The number of carbonyl (C=O) groups excluding carboxylic acids is 2. The second-order valence-electron chi connectivity index (χ2n) is 4.39. The van der Waals surface area contributed by atoms with Crippen molar-refractivity contribution in [1.82, 2.24) is 0 Å². The number of hydrogen-bond donors (Lipinski definition) is 0. The largest absolute Gasteiger partial charge is 0.291 e. The van der Waals surface area contributed by atoms with Gasteiger partial charge in [0, 0.05) is 12.5 Å². The molecular weight excluding hydrogens is 200 g/mol. The monoisotopic (exact) mass is 218 g/mol. The van der Waals surface area contributed by atoms with Crippen LogP contribution in [0.2, 0.25) is 0 Å². The molecule has 1 aromatic rings. The molecule has 2 heteroatoms. The van der Waals surface area contributed by atoms with Crippen molar-refractivity contribution in [1.29, 1.82) is 0 Å². The van der Waals surface area contributed by atoms with Gasteiger partial charge < -0.3 is 0 Å². The van der Waals surface area contributed by atoms with Crippen LogP contribution >= 0.6 is 0 Å². The first-order chi connectivity index (χ1) is 7.29. The molecule has 0 aromatic heterocycles. The fraction of sp³-hybridized carbons (Fsp3) is 0.429. The summed E-state index contributed by atoms with van der Waals surface area (Å²) in [5.41, 5.74) is 5.87. The maximum absolute atomic E-state index is 11.9. The van der Waals surface area contributed by atoms with E-state index in [-0.39, 0.29) is 5.78 Å². The van der Waals surface area contributed by atoms with E-state index < -0.39 is 5.78 Å². The Morgan fingerprint density at radius 3 is 1.31 bits per heavy atom. The quantitative estimate of drug-likeness (QED) is 0.565. The van der Waals surface area contributed by atoms with Gasteiger partial charge in [-0.3, -0.25) is 9.59 Å². The summed E-state index contributed by atoms with van der Waals surface area (Å²) in [6.07, 6.45) is 0. The van der Waals surface area contributed by atoms with Gasteiger partial charge in [-0.05, 0) is 62.4 Å². The molecule has 0 N–H and O–H groups in total.